The summed E-state index contributed by atoms with van der Waals surface area (Å²) in [6, 6.07) is 6.74. The Labute approximate surface area is 150 Å². The summed E-state index contributed by atoms with van der Waals surface area (Å²) in [6.07, 6.45) is -3.54. The van der Waals surface area contributed by atoms with Gasteiger partial charge in [-0.1, -0.05) is 17.8 Å². The number of hydrogen-bond donors (Lipinski definition) is 2. The van der Waals surface area contributed by atoms with Crippen LogP contribution in [-0.4, -0.2) is 27.7 Å². The zero-order chi connectivity index (χ0) is 18.7. The van der Waals surface area contributed by atoms with E-state index < -0.39 is 17.8 Å². The van der Waals surface area contributed by atoms with E-state index in [-0.39, 0.29) is 12.6 Å². The number of H-pyrrole nitrogens is 1. The Balaban J connectivity index is 1.80. The second kappa shape index (κ2) is 7.24. The molecule has 0 saturated carbocycles. The number of alkyl halides is 3. The van der Waals surface area contributed by atoms with Crippen LogP contribution in [-0.2, 0) is 10.9 Å². The summed E-state index contributed by atoms with van der Waals surface area (Å²) in [6.45, 7) is 1.90. The average Bonchev–Trinajstić information content (AvgIpc) is 2.96. The Morgan fingerprint density at radius 2 is 2.12 bits per heavy atom. The SMILES string of the molecule is CCOC(=O)Nc1nc2ncc(Sc3cccc(C(F)(F)F)c3)cc2[nH]1. The lowest BCUT2D eigenvalue weighted by Gasteiger charge is -2.08. The van der Waals surface area contributed by atoms with Crippen LogP contribution >= 0.6 is 11.8 Å². The minimum Gasteiger partial charge on any atom is -0.450 e. The molecule has 2 heterocycles. The molecule has 1 aromatic carbocycles. The number of nitrogens with zero attached hydrogens (tertiary/aromatic N) is 2. The lowest BCUT2D eigenvalue weighted by Crippen LogP contribution is -2.14. The average molecular weight is 382 g/mol. The molecular formula is C16H13F3N4O2S. The van der Waals surface area contributed by atoms with Crippen molar-refractivity contribution < 1.29 is 22.7 Å². The van der Waals surface area contributed by atoms with E-state index in [4.69, 9.17) is 4.74 Å². The standard InChI is InChI=1S/C16H13F3N4O2S/c1-2-25-15(24)23-14-21-12-7-11(8-20-13(12)22-14)26-10-5-3-4-9(6-10)16(17,18)19/h3-8H,2H2,1H3,(H2,20,21,22,23,24). The van der Waals surface area contributed by atoms with Gasteiger partial charge in [-0.05, 0) is 31.2 Å². The predicted octanol–water partition coefficient (Wildman–Crippen LogP) is 4.70. The molecule has 0 aliphatic rings. The third kappa shape index (κ3) is 4.26. The molecule has 0 fully saturated rings. The number of carbonyl (C=O) groups is 1. The zero-order valence-corrected chi connectivity index (χ0v) is 14.2. The molecule has 136 valence electrons. The van der Waals surface area contributed by atoms with Gasteiger partial charge in [-0.3, -0.25) is 5.32 Å². The van der Waals surface area contributed by atoms with Crippen LogP contribution in [0.1, 0.15) is 12.5 Å². The maximum absolute atomic E-state index is 12.8. The van der Waals surface area contributed by atoms with E-state index in [1.54, 1.807) is 19.1 Å². The Morgan fingerprint density at radius 1 is 1.31 bits per heavy atom. The molecule has 0 spiro atoms. The number of aromatic nitrogens is 3. The van der Waals surface area contributed by atoms with Gasteiger partial charge >= 0.3 is 12.3 Å². The van der Waals surface area contributed by atoms with Gasteiger partial charge in [-0.15, -0.1) is 0 Å². The van der Waals surface area contributed by atoms with E-state index in [1.807, 2.05) is 0 Å². The molecule has 3 rings (SSSR count). The summed E-state index contributed by atoms with van der Waals surface area (Å²) in [5, 5.41) is 2.43. The van der Waals surface area contributed by atoms with Crippen molar-refractivity contribution in [2.75, 3.05) is 11.9 Å². The molecule has 0 saturated heterocycles. The maximum Gasteiger partial charge on any atom is 0.416 e. The normalized spacial score (nSPS) is 11.5. The van der Waals surface area contributed by atoms with E-state index >= 15 is 0 Å². The zero-order valence-electron chi connectivity index (χ0n) is 13.4. The van der Waals surface area contributed by atoms with Crippen molar-refractivity contribution in [1.82, 2.24) is 15.0 Å². The highest BCUT2D eigenvalue weighted by atomic mass is 32.2. The van der Waals surface area contributed by atoms with Crippen LogP contribution in [0.4, 0.5) is 23.9 Å². The van der Waals surface area contributed by atoms with Gasteiger partial charge in [-0.25, -0.2) is 9.78 Å². The first-order valence-corrected chi connectivity index (χ1v) is 8.31. The number of rotatable bonds is 4. The van der Waals surface area contributed by atoms with Crippen LogP contribution in [0.2, 0.25) is 0 Å². The molecule has 0 bridgehead atoms. The minimum absolute atomic E-state index is 0.173. The highest BCUT2D eigenvalue weighted by Crippen LogP contribution is 2.34. The lowest BCUT2D eigenvalue weighted by molar-refractivity contribution is -0.137. The number of benzene rings is 1. The molecule has 0 aliphatic heterocycles. The summed E-state index contributed by atoms with van der Waals surface area (Å²) in [4.78, 5) is 23.6. The first-order valence-electron chi connectivity index (χ1n) is 7.50. The number of pyridine rings is 1. The van der Waals surface area contributed by atoms with Gasteiger partial charge in [-0.2, -0.15) is 18.2 Å². The molecular weight excluding hydrogens is 369 g/mol. The van der Waals surface area contributed by atoms with Crippen LogP contribution < -0.4 is 5.32 Å². The molecule has 0 radical (unpaired) electrons. The van der Waals surface area contributed by atoms with Crippen molar-refractivity contribution in [1.29, 1.82) is 0 Å². The van der Waals surface area contributed by atoms with E-state index in [1.165, 1.54) is 12.3 Å². The Hall–Kier alpha value is -2.75. The van der Waals surface area contributed by atoms with Crippen molar-refractivity contribution in [2.45, 2.75) is 22.9 Å². The summed E-state index contributed by atoms with van der Waals surface area (Å²) in [7, 11) is 0. The Morgan fingerprint density at radius 3 is 2.85 bits per heavy atom. The fourth-order valence-electron chi connectivity index (χ4n) is 2.13. The van der Waals surface area contributed by atoms with E-state index in [0.717, 1.165) is 23.9 Å². The number of halogens is 3. The smallest absolute Gasteiger partial charge is 0.416 e. The number of ether oxygens (including phenoxy) is 1. The van der Waals surface area contributed by atoms with Crippen molar-refractivity contribution >= 4 is 35.0 Å². The highest BCUT2D eigenvalue weighted by molar-refractivity contribution is 7.99. The summed E-state index contributed by atoms with van der Waals surface area (Å²) >= 11 is 1.14. The largest absolute Gasteiger partial charge is 0.450 e. The van der Waals surface area contributed by atoms with Crippen molar-refractivity contribution in [2.24, 2.45) is 0 Å². The number of hydrogen-bond acceptors (Lipinski definition) is 5. The van der Waals surface area contributed by atoms with Crippen molar-refractivity contribution in [3.63, 3.8) is 0 Å². The first kappa shape index (κ1) is 18.1. The topological polar surface area (TPSA) is 79.9 Å². The predicted molar refractivity (Wildman–Crippen MR) is 90.1 cm³/mol. The molecule has 2 N–H and O–H groups in total. The number of amides is 1. The number of imidazole rings is 1. The van der Waals surface area contributed by atoms with E-state index in [0.29, 0.717) is 21.0 Å². The second-order valence-corrected chi connectivity index (χ2v) is 6.25. The molecule has 0 aliphatic carbocycles. The first-order chi connectivity index (χ1) is 12.3. The number of anilines is 1. The third-order valence-electron chi connectivity index (χ3n) is 3.21. The van der Waals surface area contributed by atoms with Crippen LogP contribution in [0.15, 0.2) is 46.3 Å². The molecule has 2 aromatic heterocycles. The van der Waals surface area contributed by atoms with Crippen LogP contribution in [0.5, 0.6) is 0 Å². The maximum atomic E-state index is 12.8. The van der Waals surface area contributed by atoms with Gasteiger partial charge in [0.05, 0.1) is 17.7 Å². The van der Waals surface area contributed by atoms with E-state index in [9.17, 15) is 18.0 Å². The number of fused-ring (bicyclic) bond motifs is 1. The number of aromatic amines is 1. The van der Waals surface area contributed by atoms with Gasteiger partial charge in [0.2, 0.25) is 5.95 Å². The molecule has 3 aromatic rings. The van der Waals surface area contributed by atoms with Crippen LogP contribution in [0.25, 0.3) is 11.2 Å². The molecule has 0 unspecified atom stereocenters. The fraction of sp³-hybridized carbons (Fsp3) is 0.188. The summed E-state index contributed by atoms with van der Waals surface area (Å²) < 4.78 is 43.1. The summed E-state index contributed by atoms with van der Waals surface area (Å²) in [5.74, 6) is 0.173. The van der Waals surface area contributed by atoms with Crippen LogP contribution in [0, 0.1) is 0 Å². The van der Waals surface area contributed by atoms with Gasteiger partial charge in [0.25, 0.3) is 0 Å². The highest BCUT2D eigenvalue weighted by Gasteiger charge is 2.30. The Bertz CT molecular complexity index is 943. The fourth-order valence-corrected chi connectivity index (χ4v) is 3.02. The number of carbonyl (C=O) groups excluding carboxylic acids is 1. The van der Waals surface area contributed by atoms with E-state index in [2.05, 4.69) is 20.3 Å². The monoisotopic (exact) mass is 382 g/mol. The minimum atomic E-state index is -4.39. The van der Waals surface area contributed by atoms with Gasteiger partial charge < -0.3 is 9.72 Å². The third-order valence-corrected chi connectivity index (χ3v) is 4.15. The van der Waals surface area contributed by atoms with Gasteiger partial charge in [0.1, 0.15) is 0 Å². The molecule has 26 heavy (non-hydrogen) atoms. The molecule has 10 heteroatoms. The second-order valence-electron chi connectivity index (χ2n) is 5.10. The Kier molecular flexibility index (Phi) is 5.03. The van der Waals surface area contributed by atoms with Crippen molar-refractivity contribution in [3.8, 4) is 0 Å². The van der Waals surface area contributed by atoms with Crippen LogP contribution in [0.3, 0.4) is 0 Å². The molecule has 6 nitrogen and oxygen atoms in total. The van der Waals surface area contributed by atoms with Gasteiger partial charge in [0.15, 0.2) is 5.65 Å². The summed E-state index contributed by atoms with van der Waals surface area (Å²) in [5.41, 5.74) is 0.193. The molecule has 0 atom stereocenters. The van der Waals surface area contributed by atoms with Gasteiger partial charge in [0, 0.05) is 16.0 Å². The quantitative estimate of drug-likeness (QED) is 0.684. The number of nitrogens with one attached hydrogen (secondary N) is 2. The molecule has 1 amide bonds. The lowest BCUT2D eigenvalue weighted by atomic mass is 10.2. The van der Waals surface area contributed by atoms with Crippen molar-refractivity contribution in [3.05, 3.63) is 42.1 Å².